The van der Waals surface area contributed by atoms with Gasteiger partial charge in [-0.1, -0.05) is 18.5 Å². The van der Waals surface area contributed by atoms with Crippen LogP contribution in [-0.2, 0) is 39.5 Å². The Bertz CT molecular complexity index is 1690. The Morgan fingerprint density at radius 3 is 2.74 bits per heavy atom. The Labute approximate surface area is 228 Å². The molecule has 3 atom stereocenters. The first-order valence-corrected chi connectivity index (χ1v) is 13.8. The van der Waals surface area contributed by atoms with Gasteiger partial charge in [-0.05, 0) is 73.8 Å². The summed E-state index contributed by atoms with van der Waals surface area (Å²) in [6, 6.07) is 3.11. The highest BCUT2D eigenvalue weighted by molar-refractivity contribution is 6.32. The third kappa shape index (κ3) is 3.39. The summed E-state index contributed by atoms with van der Waals surface area (Å²) < 4.78 is 6.79. The third-order valence-corrected chi connectivity index (χ3v) is 9.42. The second-order valence-corrected chi connectivity index (χ2v) is 11.6. The minimum atomic E-state index is -1.92. The number of rotatable bonds is 4. The van der Waals surface area contributed by atoms with Crippen molar-refractivity contribution in [1.82, 2.24) is 14.9 Å². The van der Waals surface area contributed by atoms with Crippen LogP contribution >= 0.6 is 11.6 Å². The number of ether oxygens (including phenoxy) is 1. The summed E-state index contributed by atoms with van der Waals surface area (Å²) in [7, 11) is 0. The fourth-order valence-electron chi connectivity index (χ4n) is 6.58. The van der Waals surface area contributed by atoms with E-state index < -0.39 is 17.7 Å². The first kappa shape index (κ1) is 24.7. The zero-order valence-corrected chi connectivity index (χ0v) is 22.4. The van der Waals surface area contributed by atoms with Crippen LogP contribution in [0.25, 0.3) is 22.3 Å². The molecule has 1 fully saturated rings. The number of hydrogen-bond donors (Lipinski definition) is 3. The molecule has 1 aromatic carbocycles. The van der Waals surface area contributed by atoms with Crippen molar-refractivity contribution in [2.24, 2.45) is 5.92 Å². The number of fused-ring (bicyclic) bond motifs is 5. The summed E-state index contributed by atoms with van der Waals surface area (Å²) in [5.74, 6) is -1.16. The Kier molecular flexibility index (Phi) is 5.31. The van der Waals surface area contributed by atoms with Gasteiger partial charge in [0.05, 0.1) is 35.1 Å². The van der Waals surface area contributed by atoms with Crippen molar-refractivity contribution in [2.45, 2.75) is 76.9 Å². The highest BCUT2D eigenvalue weighted by atomic mass is 35.5. The molecule has 0 spiro atoms. The lowest BCUT2D eigenvalue weighted by Crippen LogP contribution is -2.44. The number of aryl methyl sites for hydroxylation is 1. The molecule has 0 radical (unpaired) electrons. The first-order valence-electron chi connectivity index (χ1n) is 13.4. The van der Waals surface area contributed by atoms with Gasteiger partial charge in [0.1, 0.15) is 12.7 Å². The van der Waals surface area contributed by atoms with E-state index in [1.54, 1.807) is 17.6 Å². The molecular weight excluding hydrogens is 522 g/mol. The maximum Gasteiger partial charge on any atom is 0.343 e. The molecule has 0 bridgehead atoms. The minimum absolute atomic E-state index is 0.00139. The van der Waals surface area contributed by atoms with E-state index in [0.29, 0.717) is 34.8 Å². The fraction of sp³-hybridized carbons (Fsp3) is 0.448. The highest BCUT2D eigenvalue weighted by Gasteiger charge is 2.46. The molecule has 4 aliphatic rings. The highest BCUT2D eigenvalue weighted by Crippen LogP contribution is 2.46. The monoisotopic (exact) mass is 549 g/mol. The average Bonchev–Trinajstić information content (AvgIpc) is 3.71. The van der Waals surface area contributed by atoms with Crippen LogP contribution in [0.3, 0.4) is 0 Å². The van der Waals surface area contributed by atoms with Crippen molar-refractivity contribution >= 4 is 34.4 Å². The molecule has 3 N–H and O–H groups in total. The normalized spacial score (nSPS) is 23.6. The van der Waals surface area contributed by atoms with Gasteiger partial charge in [-0.15, -0.1) is 0 Å². The number of cyclic esters (lactones) is 1. The molecule has 2 aliphatic heterocycles. The lowest BCUT2D eigenvalue weighted by molar-refractivity contribution is -0.172. The van der Waals surface area contributed by atoms with E-state index in [4.69, 9.17) is 21.3 Å². The van der Waals surface area contributed by atoms with Gasteiger partial charge in [-0.3, -0.25) is 9.59 Å². The van der Waals surface area contributed by atoms with E-state index in [1.165, 1.54) is 0 Å². The number of aliphatic hydroxyl groups excluding tert-OH is 1. The number of halogens is 1. The Hall–Kier alpha value is -3.27. The van der Waals surface area contributed by atoms with Gasteiger partial charge < -0.3 is 24.8 Å². The summed E-state index contributed by atoms with van der Waals surface area (Å²) in [4.78, 5) is 44.2. The van der Waals surface area contributed by atoms with Crippen molar-refractivity contribution in [3.8, 4) is 11.4 Å². The van der Waals surface area contributed by atoms with E-state index in [1.807, 2.05) is 13.0 Å². The van der Waals surface area contributed by atoms with Crippen LogP contribution in [0.15, 0.2) is 16.9 Å². The molecule has 202 valence electrons. The molecule has 1 amide bonds. The fourth-order valence-corrected chi connectivity index (χ4v) is 6.80. The number of pyridine rings is 2. The molecule has 3 aromatic rings. The van der Waals surface area contributed by atoms with Crippen LogP contribution in [0.5, 0.6) is 0 Å². The smallest absolute Gasteiger partial charge is 0.343 e. The van der Waals surface area contributed by atoms with Crippen molar-refractivity contribution in [2.75, 3.05) is 0 Å². The summed E-state index contributed by atoms with van der Waals surface area (Å²) >= 11 is 6.61. The van der Waals surface area contributed by atoms with E-state index >= 15 is 0 Å². The van der Waals surface area contributed by atoms with Gasteiger partial charge in [-0.2, -0.15) is 0 Å². The van der Waals surface area contributed by atoms with Gasteiger partial charge in [0.25, 0.3) is 5.56 Å². The number of esters is 1. The maximum atomic E-state index is 13.7. The largest absolute Gasteiger partial charge is 0.458 e. The molecule has 0 saturated heterocycles. The first-order chi connectivity index (χ1) is 18.6. The second kappa shape index (κ2) is 8.36. The number of carbonyl (C=O) groups excluding carboxylic acids is 2. The minimum Gasteiger partial charge on any atom is -0.458 e. The summed E-state index contributed by atoms with van der Waals surface area (Å²) in [6.07, 6.45) is 2.00. The molecule has 4 heterocycles. The lowest BCUT2D eigenvalue weighted by Gasteiger charge is -2.31. The topological polar surface area (TPSA) is 131 Å². The van der Waals surface area contributed by atoms with Gasteiger partial charge in [0.15, 0.2) is 5.60 Å². The second-order valence-electron chi connectivity index (χ2n) is 11.2. The molecule has 0 unspecified atom stereocenters. The van der Waals surface area contributed by atoms with E-state index in [-0.39, 0.29) is 54.1 Å². The molecule has 7 rings (SSSR count). The van der Waals surface area contributed by atoms with Crippen molar-refractivity contribution < 1.29 is 24.5 Å². The van der Waals surface area contributed by atoms with Crippen LogP contribution in [0.4, 0.5) is 0 Å². The Morgan fingerprint density at radius 1 is 1.26 bits per heavy atom. The molecule has 9 nitrogen and oxygen atoms in total. The zero-order chi connectivity index (χ0) is 27.4. The van der Waals surface area contributed by atoms with Crippen LogP contribution in [0, 0.1) is 12.8 Å². The number of amides is 1. The molecule has 2 aliphatic carbocycles. The van der Waals surface area contributed by atoms with Gasteiger partial charge >= 0.3 is 5.97 Å². The lowest BCUT2D eigenvalue weighted by atomic mass is 9.81. The summed E-state index contributed by atoms with van der Waals surface area (Å²) in [6.45, 7) is 3.66. The van der Waals surface area contributed by atoms with Crippen molar-refractivity contribution in [1.29, 1.82) is 0 Å². The zero-order valence-electron chi connectivity index (χ0n) is 21.6. The number of aromatic nitrogens is 2. The Morgan fingerprint density at radius 2 is 2.03 bits per heavy atom. The van der Waals surface area contributed by atoms with Crippen LogP contribution in [-0.4, -0.2) is 37.7 Å². The number of nitrogens with zero attached hydrogens (tertiary/aromatic N) is 2. The summed E-state index contributed by atoms with van der Waals surface area (Å²) in [5.41, 5.74) is 3.68. The molecule has 1 saturated carbocycles. The number of carbonyl (C=O) groups is 2. The van der Waals surface area contributed by atoms with Crippen LogP contribution in [0.2, 0.25) is 5.02 Å². The van der Waals surface area contributed by atoms with Crippen LogP contribution in [0.1, 0.15) is 72.0 Å². The molecular formula is C29H28ClN3O6. The van der Waals surface area contributed by atoms with Crippen LogP contribution < -0.4 is 10.9 Å². The quantitative estimate of drug-likeness (QED) is 0.334. The standard InChI is InChI=1S/C29H28ClN3O6/c1-3-29(38)17-8-21-24-15(10-33(21)27(36)16(17)11-39-28(29)37)23-19(32-26(35)25(34)13-4-5-13)7-6-14-12(2)18(30)9-20(31-24)22(14)23/h8-9,13,19,25,34,38H,3-7,10-11H2,1-2H3,(H,32,35)/t19-,25+,29+/m1/s1. The maximum absolute atomic E-state index is 13.7. The SMILES string of the molecule is CC[C@@]1(O)C(=O)OCc2c1cc1n(c2=O)Cc2c-1nc1cc(Cl)c(C)c3c1c2[C@H](NC(=O)[C@@H](O)C1CC1)CC3. The van der Waals surface area contributed by atoms with Gasteiger partial charge in [0, 0.05) is 21.5 Å². The van der Waals surface area contributed by atoms with E-state index in [9.17, 15) is 24.6 Å². The van der Waals surface area contributed by atoms with Gasteiger partial charge in [0.2, 0.25) is 5.91 Å². The number of nitrogens with one attached hydrogen (secondary N) is 1. The van der Waals surface area contributed by atoms with E-state index in [2.05, 4.69) is 5.32 Å². The van der Waals surface area contributed by atoms with Gasteiger partial charge in [-0.25, -0.2) is 9.78 Å². The predicted molar refractivity (Wildman–Crippen MR) is 142 cm³/mol. The number of hydrogen-bond acceptors (Lipinski definition) is 7. The Balaban J connectivity index is 1.46. The average molecular weight is 550 g/mol. The van der Waals surface area contributed by atoms with E-state index in [0.717, 1.165) is 40.5 Å². The van der Waals surface area contributed by atoms with Crippen molar-refractivity contribution in [3.05, 3.63) is 60.9 Å². The molecule has 39 heavy (non-hydrogen) atoms. The molecule has 2 aromatic heterocycles. The summed E-state index contributed by atoms with van der Waals surface area (Å²) in [5, 5.41) is 26.3. The number of aliphatic hydroxyl groups is 2. The predicted octanol–water partition coefficient (Wildman–Crippen LogP) is 2.92. The number of benzene rings is 1. The third-order valence-electron chi connectivity index (χ3n) is 9.03. The molecule has 10 heteroatoms. The van der Waals surface area contributed by atoms with Crippen molar-refractivity contribution in [3.63, 3.8) is 0 Å².